The lowest BCUT2D eigenvalue weighted by atomic mass is 9.75. The Labute approximate surface area is 104 Å². The molecule has 96 valence electrons. The van der Waals surface area contributed by atoms with Gasteiger partial charge in [-0.2, -0.15) is 0 Å². The molecule has 0 rings (SSSR count). The second-order valence-electron chi connectivity index (χ2n) is 5.45. The molecule has 16 heavy (non-hydrogen) atoms. The number of allylic oxidation sites excluding steroid dienone is 1. The summed E-state index contributed by atoms with van der Waals surface area (Å²) in [4.78, 5) is 0. The van der Waals surface area contributed by atoms with Gasteiger partial charge < -0.3 is 0 Å². The van der Waals surface area contributed by atoms with Gasteiger partial charge in [0.05, 0.1) is 0 Å². The first kappa shape index (κ1) is 15.7. The summed E-state index contributed by atoms with van der Waals surface area (Å²) in [5.41, 5.74) is 0. The van der Waals surface area contributed by atoms with E-state index in [4.69, 9.17) is 0 Å². The fourth-order valence-corrected chi connectivity index (χ4v) is 2.63. The molecule has 0 saturated carbocycles. The molecule has 3 unspecified atom stereocenters. The van der Waals surface area contributed by atoms with E-state index in [1.54, 1.807) is 0 Å². The number of hydrogen-bond donors (Lipinski definition) is 0. The van der Waals surface area contributed by atoms with Crippen LogP contribution >= 0.6 is 0 Å². The lowest BCUT2D eigenvalue weighted by Gasteiger charge is -2.30. The Morgan fingerprint density at radius 3 is 1.94 bits per heavy atom. The molecule has 0 bridgehead atoms. The summed E-state index contributed by atoms with van der Waals surface area (Å²) < 4.78 is 0. The van der Waals surface area contributed by atoms with Gasteiger partial charge in [0, 0.05) is 0 Å². The first-order valence-corrected chi connectivity index (χ1v) is 7.21. The largest absolute Gasteiger partial charge is 0.103 e. The van der Waals surface area contributed by atoms with Gasteiger partial charge >= 0.3 is 0 Å². The molecule has 0 N–H and O–H groups in total. The summed E-state index contributed by atoms with van der Waals surface area (Å²) in [6.07, 6.45) is 8.67. The summed E-state index contributed by atoms with van der Waals surface area (Å²) in [5.74, 6) is 3.44. The van der Waals surface area contributed by atoms with Crippen LogP contribution in [0.15, 0.2) is 12.7 Å². The highest BCUT2D eigenvalue weighted by Crippen LogP contribution is 2.32. The Kier molecular flexibility index (Phi) is 8.70. The van der Waals surface area contributed by atoms with Crippen molar-refractivity contribution in [3.63, 3.8) is 0 Å². The molecule has 0 spiro atoms. The molecule has 0 fully saturated rings. The molecule has 0 saturated heterocycles. The average Bonchev–Trinajstić information content (AvgIpc) is 2.32. The van der Waals surface area contributed by atoms with Crippen LogP contribution in [0.1, 0.15) is 66.7 Å². The summed E-state index contributed by atoms with van der Waals surface area (Å²) in [6, 6.07) is 0. The van der Waals surface area contributed by atoms with Crippen molar-refractivity contribution in [2.24, 2.45) is 23.7 Å². The Morgan fingerprint density at radius 1 is 1.00 bits per heavy atom. The molecule has 0 heteroatoms. The monoisotopic (exact) mass is 224 g/mol. The standard InChI is InChI=1S/C16H32/c1-7-11-16(12-15(9-3)10-4)14(6)13(5)8-2/h7,13-16H,1,8-12H2,2-6H3. The third kappa shape index (κ3) is 5.18. The van der Waals surface area contributed by atoms with Gasteiger partial charge in [0.15, 0.2) is 0 Å². The SMILES string of the molecule is C=CCC(CC(CC)CC)C(C)C(C)CC. The second kappa shape index (κ2) is 8.84. The van der Waals surface area contributed by atoms with E-state index in [-0.39, 0.29) is 0 Å². The predicted molar refractivity (Wildman–Crippen MR) is 75.6 cm³/mol. The highest BCUT2D eigenvalue weighted by molar-refractivity contribution is 4.80. The van der Waals surface area contributed by atoms with Crippen molar-refractivity contribution in [1.29, 1.82) is 0 Å². The zero-order chi connectivity index (χ0) is 12.6. The minimum atomic E-state index is 0.837. The lowest BCUT2D eigenvalue weighted by Crippen LogP contribution is -2.21. The molecular weight excluding hydrogens is 192 g/mol. The summed E-state index contributed by atoms with van der Waals surface area (Å²) in [7, 11) is 0. The molecule has 0 aliphatic carbocycles. The Bertz CT molecular complexity index is 167. The third-order valence-electron chi connectivity index (χ3n) is 4.55. The van der Waals surface area contributed by atoms with Gasteiger partial charge in [-0.05, 0) is 36.5 Å². The normalized spacial score (nSPS) is 17.1. The molecule has 0 aromatic heterocycles. The van der Waals surface area contributed by atoms with E-state index in [1.807, 2.05) is 0 Å². The van der Waals surface area contributed by atoms with Gasteiger partial charge in [0.25, 0.3) is 0 Å². The zero-order valence-corrected chi connectivity index (χ0v) is 12.1. The number of rotatable bonds is 9. The van der Waals surface area contributed by atoms with Crippen molar-refractivity contribution in [3.8, 4) is 0 Å². The summed E-state index contributed by atoms with van der Waals surface area (Å²) in [5, 5.41) is 0. The van der Waals surface area contributed by atoms with Gasteiger partial charge in [-0.3, -0.25) is 0 Å². The van der Waals surface area contributed by atoms with Crippen LogP contribution in [0.2, 0.25) is 0 Å². The topological polar surface area (TPSA) is 0 Å². The highest BCUT2D eigenvalue weighted by Gasteiger charge is 2.22. The van der Waals surface area contributed by atoms with Crippen LogP contribution in [0.5, 0.6) is 0 Å². The Balaban J connectivity index is 4.40. The molecule has 0 nitrogen and oxygen atoms in total. The van der Waals surface area contributed by atoms with Crippen LogP contribution < -0.4 is 0 Å². The fourth-order valence-electron chi connectivity index (χ4n) is 2.63. The van der Waals surface area contributed by atoms with E-state index in [9.17, 15) is 0 Å². The Morgan fingerprint density at radius 2 is 1.56 bits per heavy atom. The van der Waals surface area contributed by atoms with Crippen LogP contribution in [0.25, 0.3) is 0 Å². The van der Waals surface area contributed by atoms with E-state index in [1.165, 1.54) is 32.1 Å². The van der Waals surface area contributed by atoms with E-state index >= 15 is 0 Å². The first-order valence-electron chi connectivity index (χ1n) is 7.21. The predicted octanol–water partition coefficient (Wildman–Crippen LogP) is 5.69. The number of hydrogen-bond acceptors (Lipinski definition) is 0. The van der Waals surface area contributed by atoms with Crippen LogP contribution in [-0.4, -0.2) is 0 Å². The highest BCUT2D eigenvalue weighted by atomic mass is 14.3. The van der Waals surface area contributed by atoms with Gasteiger partial charge in [-0.25, -0.2) is 0 Å². The van der Waals surface area contributed by atoms with E-state index in [0.717, 1.165) is 23.7 Å². The van der Waals surface area contributed by atoms with Crippen molar-refractivity contribution in [2.75, 3.05) is 0 Å². The molecule has 0 aliphatic rings. The maximum absolute atomic E-state index is 3.93. The molecular formula is C16H32. The molecule has 0 aliphatic heterocycles. The van der Waals surface area contributed by atoms with Gasteiger partial charge in [0.1, 0.15) is 0 Å². The van der Waals surface area contributed by atoms with E-state index < -0.39 is 0 Å². The third-order valence-corrected chi connectivity index (χ3v) is 4.55. The van der Waals surface area contributed by atoms with Crippen molar-refractivity contribution >= 4 is 0 Å². The van der Waals surface area contributed by atoms with Crippen LogP contribution in [-0.2, 0) is 0 Å². The van der Waals surface area contributed by atoms with Crippen LogP contribution in [0, 0.1) is 23.7 Å². The quantitative estimate of drug-likeness (QED) is 0.441. The van der Waals surface area contributed by atoms with Crippen molar-refractivity contribution in [3.05, 3.63) is 12.7 Å². The minimum absolute atomic E-state index is 0.837. The lowest BCUT2D eigenvalue weighted by molar-refractivity contribution is 0.211. The molecule has 0 heterocycles. The molecule has 0 amide bonds. The Hall–Kier alpha value is -0.260. The molecule has 3 atom stereocenters. The van der Waals surface area contributed by atoms with Crippen LogP contribution in [0.4, 0.5) is 0 Å². The maximum Gasteiger partial charge on any atom is -0.0322 e. The van der Waals surface area contributed by atoms with Gasteiger partial charge in [-0.1, -0.05) is 60.0 Å². The van der Waals surface area contributed by atoms with Gasteiger partial charge in [0.2, 0.25) is 0 Å². The summed E-state index contributed by atoms with van der Waals surface area (Å²) >= 11 is 0. The smallest absolute Gasteiger partial charge is 0.0322 e. The first-order chi connectivity index (χ1) is 7.60. The minimum Gasteiger partial charge on any atom is -0.103 e. The van der Waals surface area contributed by atoms with Crippen molar-refractivity contribution in [2.45, 2.75) is 66.7 Å². The van der Waals surface area contributed by atoms with Crippen LogP contribution in [0.3, 0.4) is 0 Å². The van der Waals surface area contributed by atoms with Crippen molar-refractivity contribution < 1.29 is 0 Å². The van der Waals surface area contributed by atoms with E-state index in [0.29, 0.717) is 0 Å². The van der Waals surface area contributed by atoms with Gasteiger partial charge in [-0.15, -0.1) is 6.58 Å². The zero-order valence-electron chi connectivity index (χ0n) is 12.1. The molecule has 0 aromatic carbocycles. The molecule has 0 radical (unpaired) electrons. The van der Waals surface area contributed by atoms with Crippen molar-refractivity contribution in [1.82, 2.24) is 0 Å². The average molecular weight is 224 g/mol. The molecule has 0 aromatic rings. The van der Waals surface area contributed by atoms with E-state index in [2.05, 4.69) is 47.3 Å². The second-order valence-corrected chi connectivity index (χ2v) is 5.45. The fraction of sp³-hybridized carbons (Fsp3) is 0.875. The summed E-state index contributed by atoms with van der Waals surface area (Å²) in [6.45, 7) is 15.7. The maximum atomic E-state index is 3.93.